The SMILES string of the molecule is Cc1ccc(OCCC(=O)NC(C)(C)CO)c(C)c1. The minimum absolute atomic E-state index is 0.0866. The van der Waals surface area contributed by atoms with E-state index >= 15 is 0 Å². The Bertz CT molecular complexity index is 441. The molecule has 0 bridgehead atoms. The van der Waals surface area contributed by atoms with Gasteiger partial charge in [-0.15, -0.1) is 0 Å². The predicted octanol–water partition coefficient (Wildman–Crippen LogP) is 1.96. The molecular formula is C15H23NO3. The van der Waals surface area contributed by atoms with Gasteiger partial charge in [0.05, 0.1) is 25.2 Å². The Balaban J connectivity index is 2.40. The number of amides is 1. The van der Waals surface area contributed by atoms with Crippen molar-refractivity contribution in [1.82, 2.24) is 5.32 Å². The number of nitrogens with one attached hydrogen (secondary N) is 1. The van der Waals surface area contributed by atoms with Crippen LogP contribution in [0.5, 0.6) is 5.75 Å². The van der Waals surface area contributed by atoms with Gasteiger partial charge in [0.15, 0.2) is 0 Å². The summed E-state index contributed by atoms with van der Waals surface area (Å²) in [6.45, 7) is 7.80. The molecule has 1 amide bonds. The number of ether oxygens (including phenoxy) is 1. The molecule has 0 unspecified atom stereocenters. The topological polar surface area (TPSA) is 58.6 Å². The zero-order chi connectivity index (χ0) is 14.5. The van der Waals surface area contributed by atoms with Crippen molar-refractivity contribution in [2.75, 3.05) is 13.2 Å². The first-order valence-corrected chi connectivity index (χ1v) is 6.46. The van der Waals surface area contributed by atoms with Crippen LogP contribution in [0.2, 0.25) is 0 Å². The number of benzene rings is 1. The third-order valence-electron chi connectivity index (χ3n) is 2.79. The highest BCUT2D eigenvalue weighted by Crippen LogP contribution is 2.18. The van der Waals surface area contributed by atoms with Crippen LogP contribution in [-0.4, -0.2) is 29.8 Å². The number of aliphatic hydroxyl groups is 1. The highest BCUT2D eigenvalue weighted by Gasteiger charge is 2.18. The summed E-state index contributed by atoms with van der Waals surface area (Å²) in [5, 5.41) is 11.8. The second kappa shape index (κ2) is 6.57. The smallest absolute Gasteiger partial charge is 0.223 e. The lowest BCUT2D eigenvalue weighted by Gasteiger charge is -2.23. The molecule has 19 heavy (non-hydrogen) atoms. The van der Waals surface area contributed by atoms with Gasteiger partial charge in [0, 0.05) is 0 Å². The van der Waals surface area contributed by atoms with Crippen molar-refractivity contribution in [3.8, 4) is 5.75 Å². The van der Waals surface area contributed by atoms with E-state index in [1.54, 1.807) is 13.8 Å². The van der Waals surface area contributed by atoms with Gasteiger partial charge in [0.1, 0.15) is 5.75 Å². The van der Waals surface area contributed by atoms with Gasteiger partial charge in [-0.2, -0.15) is 0 Å². The summed E-state index contributed by atoms with van der Waals surface area (Å²) in [4.78, 5) is 11.6. The quantitative estimate of drug-likeness (QED) is 0.826. The summed E-state index contributed by atoms with van der Waals surface area (Å²) in [6.07, 6.45) is 0.275. The lowest BCUT2D eigenvalue weighted by molar-refractivity contribution is -0.123. The Labute approximate surface area is 114 Å². The molecule has 0 aliphatic carbocycles. The van der Waals surface area contributed by atoms with Gasteiger partial charge in [-0.3, -0.25) is 4.79 Å². The van der Waals surface area contributed by atoms with E-state index in [1.807, 2.05) is 32.0 Å². The molecule has 0 fully saturated rings. The highest BCUT2D eigenvalue weighted by atomic mass is 16.5. The van der Waals surface area contributed by atoms with E-state index in [2.05, 4.69) is 5.32 Å². The fraction of sp³-hybridized carbons (Fsp3) is 0.533. The molecule has 0 atom stereocenters. The average Bonchev–Trinajstić information content (AvgIpc) is 2.31. The van der Waals surface area contributed by atoms with Crippen LogP contribution in [0.25, 0.3) is 0 Å². The molecular weight excluding hydrogens is 242 g/mol. The lowest BCUT2D eigenvalue weighted by atomic mass is 10.1. The van der Waals surface area contributed by atoms with Crippen molar-refractivity contribution in [3.63, 3.8) is 0 Å². The molecule has 4 heteroatoms. The van der Waals surface area contributed by atoms with Gasteiger partial charge in [-0.25, -0.2) is 0 Å². The fourth-order valence-electron chi connectivity index (χ4n) is 1.69. The van der Waals surface area contributed by atoms with E-state index in [9.17, 15) is 4.79 Å². The number of hydrogen-bond donors (Lipinski definition) is 2. The number of carbonyl (C=O) groups is 1. The predicted molar refractivity (Wildman–Crippen MR) is 75.3 cm³/mol. The maximum atomic E-state index is 11.6. The highest BCUT2D eigenvalue weighted by molar-refractivity contribution is 5.76. The zero-order valence-corrected chi connectivity index (χ0v) is 12.1. The van der Waals surface area contributed by atoms with Gasteiger partial charge >= 0.3 is 0 Å². The van der Waals surface area contributed by atoms with Crippen molar-refractivity contribution >= 4 is 5.91 Å². The Morgan fingerprint density at radius 2 is 2.05 bits per heavy atom. The molecule has 2 N–H and O–H groups in total. The molecule has 0 aliphatic rings. The van der Waals surface area contributed by atoms with Crippen LogP contribution in [0.15, 0.2) is 18.2 Å². The minimum atomic E-state index is -0.586. The molecule has 1 rings (SSSR count). The van der Waals surface area contributed by atoms with Gasteiger partial charge in [0.25, 0.3) is 0 Å². The molecule has 0 radical (unpaired) electrons. The van der Waals surface area contributed by atoms with Crippen LogP contribution in [0.4, 0.5) is 0 Å². The number of hydrogen-bond acceptors (Lipinski definition) is 3. The number of carbonyl (C=O) groups excluding carboxylic acids is 1. The maximum Gasteiger partial charge on any atom is 0.223 e. The lowest BCUT2D eigenvalue weighted by Crippen LogP contribution is -2.46. The van der Waals surface area contributed by atoms with Crippen molar-refractivity contribution in [3.05, 3.63) is 29.3 Å². The van der Waals surface area contributed by atoms with E-state index < -0.39 is 5.54 Å². The summed E-state index contributed by atoms with van der Waals surface area (Å²) in [5.41, 5.74) is 1.67. The largest absolute Gasteiger partial charge is 0.493 e. The van der Waals surface area contributed by atoms with E-state index in [0.717, 1.165) is 11.3 Å². The van der Waals surface area contributed by atoms with E-state index in [0.29, 0.717) is 6.61 Å². The van der Waals surface area contributed by atoms with Gasteiger partial charge in [-0.05, 0) is 39.3 Å². The van der Waals surface area contributed by atoms with Crippen LogP contribution in [0, 0.1) is 13.8 Å². The Kier molecular flexibility index (Phi) is 5.36. The van der Waals surface area contributed by atoms with Crippen LogP contribution in [0.1, 0.15) is 31.4 Å². The molecule has 4 nitrogen and oxygen atoms in total. The summed E-state index contributed by atoms with van der Waals surface area (Å²) in [5.74, 6) is 0.684. The first-order valence-electron chi connectivity index (χ1n) is 6.46. The van der Waals surface area contributed by atoms with E-state index in [1.165, 1.54) is 5.56 Å². The molecule has 0 saturated heterocycles. The standard InChI is InChI=1S/C15H23NO3/c1-11-5-6-13(12(2)9-11)19-8-7-14(18)16-15(3,4)10-17/h5-6,9,17H,7-8,10H2,1-4H3,(H,16,18). The minimum Gasteiger partial charge on any atom is -0.493 e. The molecule has 0 spiro atoms. The third kappa shape index (κ3) is 5.30. The van der Waals surface area contributed by atoms with E-state index in [4.69, 9.17) is 9.84 Å². The summed E-state index contributed by atoms with van der Waals surface area (Å²) >= 11 is 0. The molecule has 106 valence electrons. The maximum absolute atomic E-state index is 11.6. The van der Waals surface area contributed by atoms with Crippen LogP contribution >= 0.6 is 0 Å². The first kappa shape index (κ1) is 15.5. The van der Waals surface area contributed by atoms with Crippen molar-refractivity contribution < 1.29 is 14.6 Å². The van der Waals surface area contributed by atoms with Crippen LogP contribution < -0.4 is 10.1 Å². The Hall–Kier alpha value is -1.55. The Morgan fingerprint density at radius 1 is 1.37 bits per heavy atom. The first-order chi connectivity index (χ1) is 8.84. The monoisotopic (exact) mass is 265 g/mol. The molecule has 0 heterocycles. The normalized spacial score (nSPS) is 11.2. The van der Waals surface area contributed by atoms with Crippen LogP contribution in [-0.2, 0) is 4.79 Å². The molecule has 1 aromatic carbocycles. The van der Waals surface area contributed by atoms with Gasteiger partial charge in [-0.1, -0.05) is 17.7 Å². The Morgan fingerprint density at radius 3 is 2.63 bits per heavy atom. The van der Waals surface area contributed by atoms with Crippen molar-refractivity contribution in [2.45, 2.75) is 39.7 Å². The fourth-order valence-corrected chi connectivity index (χ4v) is 1.69. The summed E-state index contributed by atoms with van der Waals surface area (Å²) in [7, 11) is 0. The number of aliphatic hydroxyl groups excluding tert-OH is 1. The second-order valence-electron chi connectivity index (χ2n) is 5.46. The summed E-state index contributed by atoms with van der Waals surface area (Å²) in [6, 6.07) is 5.95. The third-order valence-corrected chi connectivity index (χ3v) is 2.79. The summed E-state index contributed by atoms with van der Waals surface area (Å²) < 4.78 is 5.59. The molecule has 0 saturated carbocycles. The second-order valence-corrected chi connectivity index (χ2v) is 5.46. The van der Waals surface area contributed by atoms with E-state index in [-0.39, 0.29) is 18.9 Å². The molecule has 0 aliphatic heterocycles. The van der Waals surface area contributed by atoms with Gasteiger partial charge < -0.3 is 15.2 Å². The van der Waals surface area contributed by atoms with Crippen molar-refractivity contribution in [1.29, 1.82) is 0 Å². The van der Waals surface area contributed by atoms with Gasteiger partial charge in [0.2, 0.25) is 5.91 Å². The number of aryl methyl sites for hydroxylation is 2. The average molecular weight is 265 g/mol. The van der Waals surface area contributed by atoms with Crippen molar-refractivity contribution in [2.24, 2.45) is 0 Å². The van der Waals surface area contributed by atoms with Crippen LogP contribution in [0.3, 0.4) is 0 Å². The number of rotatable bonds is 6. The zero-order valence-electron chi connectivity index (χ0n) is 12.1. The molecule has 0 aromatic heterocycles. The molecule has 1 aromatic rings.